The minimum Gasteiger partial charge on any atom is -0.326 e. The maximum absolute atomic E-state index is 5.35. The molecule has 0 aromatic carbocycles. The zero-order valence-corrected chi connectivity index (χ0v) is 16.2. The first-order valence-electron chi connectivity index (χ1n) is 6.37. The van der Waals surface area contributed by atoms with Crippen LogP contribution >= 0.6 is 0 Å². The summed E-state index contributed by atoms with van der Waals surface area (Å²) in [7, 11) is 1.31. The molecule has 0 aliphatic rings. The molecule has 0 aliphatic heterocycles. The third kappa shape index (κ3) is 341000. The van der Waals surface area contributed by atoms with Gasteiger partial charge in [-0.1, -0.05) is 6.55 Å². The van der Waals surface area contributed by atoms with E-state index < -0.39 is 0 Å². The third-order valence-corrected chi connectivity index (χ3v) is 0. The van der Waals surface area contributed by atoms with Gasteiger partial charge in [0.25, 0.3) is 0 Å². The maximum Gasteiger partial charge on any atom is 0.00686 e. The predicted molar refractivity (Wildman–Crippen MR) is 87.6 cm³/mol. The van der Waals surface area contributed by atoms with Gasteiger partial charge in [-0.3, -0.25) is 0 Å². The molecule has 17 heavy (non-hydrogen) atoms. The molecule has 0 unspecified atom stereocenters. The van der Waals surface area contributed by atoms with Gasteiger partial charge in [-0.15, -0.1) is 0 Å². The molecule has 0 heterocycles. The van der Waals surface area contributed by atoms with Gasteiger partial charge < -0.3 is 17.2 Å². The Kier molecular flexibility index (Phi) is 17.0. The van der Waals surface area contributed by atoms with Gasteiger partial charge in [0, 0.05) is 16.6 Å². The van der Waals surface area contributed by atoms with E-state index >= 15 is 0 Å². The Bertz CT molecular complexity index is 91.7. The maximum atomic E-state index is 5.35. The van der Waals surface area contributed by atoms with Crippen LogP contribution in [0.25, 0.3) is 0 Å². The quantitative estimate of drug-likeness (QED) is 0.583. The second kappa shape index (κ2) is 11.2. The van der Waals surface area contributed by atoms with Crippen LogP contribution in [0.3, 0.4) is 0 Å². The summed E-state index contributed by atoms with van der Waals surface area (Å²) >= 11 is 0. The van der Waals surface area contributed by atoms with Gasteiger partial charge >= 0.3 is 0 Å². The smallest absolute Gasteiger partial charge is 0.00686 e. The minimum atomic E-state index is 0. The number of rotatable bonds is 0. The molecule has 0 rings (SSSR count). The average molecular weight is 266 g/mol. The summed E-state index contributed by atoms with van der Waals surface area (Å²) in [4.78, 5) is 0. The third-order valence-electron chi connectivity index (χ3n) is 0. The van der Waals surface area contributed by atoms with E-state index in [1.54, 1.807) is 0 Å². The summed E-state index contributed by atoms with van der Waals surface area (Å²) in [6.45, 7) is 19.8. The lowest BCUT2D eigenvalue weighted by Crippen LogP contribution is -2.26. The van der Waals surface area contributed by atoms with Crippen LogP contribution in [0.4, 0.5) is 0 Å². The van der Waals surface area contributed by atoms with Crippen LogP contribution in [0.2, 0.25) is 6.55 Å². The molecule has 4 heteroatoms. The van der Waals surface area contributed by atoms with Crippen molar-refractivity contribution in [2.75, 3.05) is 0 Å². The summed E-state index contributed by atoms with van der Waals surface area (Å²) in [6.07, 6.45) is 0. The second-order valence-electron chi connectivity index (χ2n) is 7.10. The van der Waals surface area contributed by atoms with Crippen LogP contribution in [0, 0.1) is 0 Å². The Hall–Kier alpha value is 0.0969. The van der Waals surface area contributed by atoms with E-state index in [1.807, 2.05) is 62.3 Å². The number of hydrogen-bond donors (Lipinski definition) is 3. The SMILES string of the molecule is CC(C)(C)N.CC(C)(C)N.CC(C)(C)N.C[SiH3]. The van der Waals surface area contributed by atoms with Crippen molar-refractivity contribution in [3.05, 3.63) is 0 Å². The van der Waals surface area contributed by atoms with Crippen molar-refractivity contribution < 1.29 is 0 Å². The first-order chi connectivity index (χ1) is 7.00. The average Bonchev–Trinajstić information content (AvgIpc) is 1.77. The number of nitrogens with two attached hydrogens (primary N) is 3. The highest BCUT2D eigenvalue weighted by atomic mass is 28.1. The van der Waals surface area contributed by atoms with Crippen LogP contribution in [0.15, 0.2) is 0 Å². The van der Waals surface area contributed by atoms with Gasteiger partial charge in [0.15, 0.2) is 0 Å². The Morgan fingerprint density at radius 2 is 0.471 bits per heavy atom. The van der Waals surface area contributed by atoms with E-state index in [-0.39, 0.29) is 16.6 Å². The van der Waals surface area contributed by atoms with Crippen molar-refractivity contribution in [1.29, 1.82) is 0 Å². The molecule has 0 aromatic rings. The largest absolute Gasteiger partial charge is 0.326 e. The molecule has 0 saturated carbocycles. The fraction of sp³-hybridized carbons (Fsp3) is 1.00. The van der Waals surface area contributed by atoms with E-state index in [0.717, 1.165) is 0 Å². The van der Waals surface area contributed by atoms with E-state index in [4.69, 9.17) is 17.2 Å². The summed E-state index contributed by atoms with van der Waals surface area (Å²) in [5, 5.41) is 0. The van der Waals surface area contributed by atoms with Crippen molar-refractivity contribution in [1.82, 2.24) is 0 Å². The van der Waals surface area contributed by atoms with E-state index in [2.05, 4.69) is 6.55 Å². The van der Waals surface area contributed by atoms with E-state index in [0.29, 0.717) is 0 Å². The minimum absolute atomic E-state index is 0. The topological polar surface area (TPSA) is 78.1 Å². The zero-order chi connectivity index (χ0) is 15.5. The number of hydrogen-bond acceptors (Lipinski definition) is 3. The molecular formula is C13H39N3Si. The fourth-order valence-electron chi connectivity index (χ4n) is 0. The zero-order valence-electron chi connectivity index (χ0n) is 14.2. The normalized spacial score (nSPS) is 11.1. The van der Waals surface area contributed by atoms with Gasteiger partial charge in [-0.05, 0) is 72.6 Å². The standard InChI is InChI=1S/3C4H11N.CH6Si/c3*1-4(2,3)5;1-2/h3*5H2,1-3H3;1-2H3. The molecule has 0 fully saturated rings. The van der Waals surface area contributed by atoms with Crippen molar-refractivity contribution in [3.63, 3.8) is 0 Å². The Balaban J connectivity index is -0.0000000693. The first-order valence-corrected chi connectivity index (χ1v) is 8.37. The molecule has 0 aliphatic carbocycles. The summed E-state index contributed by atoms with van der Waals surface area (Å²) in [5.74, 6) is 0. The summed E-state index contributed by atoms with van der Waals surface area (Å²) in [5.41, 5.74) is 16.1. The highest BCUT2D eigenvalue weighted by Crippen LogP contribution is 1.88. The van der Waals surface area contributed by atoms with Crippen LogP contribution in [-0.2, 0) is 0 Å². The van der Waals surface area contributed by atoms with Crippen LogP contribution in [0.5, 0.6) is 0 Å². The van der Waals surface area contributed by atoms with Crippen LogP contribution in [0.1, 0.15) is 62.3 Å². The van der Waals surface area contributed by atoms with Crippen molar-refractivity contribution in [2.45, 2.75) is 85.5 Å². The lowest BCUT2D eigenvalue weighted by Gasteiger charge is -2.06. The highest BCUT2D eigenvalue weighted by molar-refractivity contribution is 6.05. The monoisotopic (exact) mass is 265 g/mol. The molecule has 0 atom stereocenters. The lowest BCUT2D eigenvalue weighted by atomic mass is 10.1. The van der Waals surface area contributed by atoms with Crippen molar-refractivity contribution in [2.24, 2.45) is 17.2 Å². The van der Waals surface area contributed by atoms with Gasteiger partial charge in [0.05, 0.1) is 0 Å². The van der Waals surface area contributed by atoms with Crippen LogP contribution in [-0.4, -0.2) is 26.9 Å². The van der Waals surface area contributed by atoms with Crippen molar-refractivity contribution >= 4 is 10.2 Å². The van der Waals surface area contributed by atoms with E-state index in [9.17, 15) is 0 Å². The second-order valence-corrected chi connectivity index (χ2v) is 7.10. The van der Waals surface area contributed by atoms with Gasteiger partial charge in [0.1, 0.15) is 0 Å². The van der Waals surface area contributed by atoms with E-state index in [1.165, 1.54) is 10.2 Å². The summed E-state index contributed by atoms with van der Waals surface area (Å²) < 4.78 is 0. The molecule has 110 valence electrons. The molecule has 0 aromatic heterocycles. The molecule has 0 bridgehead atoms. The van der Waals surface area contributed by atoms with Crippen LogP contribution < -0.4 is 17.2 Å². The van der Waals surface area contributed by atoms with Crippen molar-refractivity contribution in [3.8, 4) is 0 Å². The molecule has 0 spiro atoms. The Morgan fingerprint density at radius 3 is 0.471 bits per heavy atom. The summed E-state index contributed by atoms with van der Waals surface area (Å²) in [6, 6.07) is 0. The lowest BCUT2D eigenvalue weighted by molar-refractivity contribution is 0.579. The molecule has 6 N–H and O–H groups in total. The molecule has 0 saturated heterocycles. The molecule has 0 amide bonds. The Labute approximate surface area is 113 Å². The van der Waals surface area contributed by atoms with Gasteiger partial charge in [-0.2, -0.15) is 0 Å². The van der Waals surface area contributed by atoms with Gasteiger partial charge in [0.2, 0.25) is 0 Å². The highest BCUT2D eigenvalue weighted by Gasteiger charge is 1.96. The van der Waals surface area contributed by atoms with Gasteiger partial charge in [-0.25, -0.2) is 0 Å². The predicted octanol–water partition coefficient (Wildman–Crippen LogP) is 1.63. The molecule has 0 radical (unpaired) electrons. The molecular weight excluding hydrogens is 226 g/mol. The fourth-order valence-corrected chi connectivity index (χ4v) is 0. The Morgan fingerprint density at radius 1 is 0.471 bits per heavy atom. The molecule has 3 nitrogen and oxygen atoms in total. The first kappa shape index (κ1) is 25.8.